The van der Waals surface area contributed by atoms with Crippen molar-refractivity contribution in [2.24, 2.45) is 0 Å². The van der Waals surface area contributed by atoms with Crippen molar-refractivity contribution >= 4 is 15.9 Å². The van der Waals surface area contributed by atoms with Crippen LogP contribution in [0.5, 0.6) is 5.75 Å². The Labute approximate surface area is 123 Å². The van der Waals surface area contributed by atoms with Crippen LogP contribution in [0.25, 0.3) is 0 Å². The van der Waals surface area contributed by atoms with E-state index in [0.29, 0.717) is 0 Å². The molecule has 1 unspecified atom stereocenters. The van der Waals surface area contributed by atoms with Crippen LogP contribution in [0.1, 0.15) is 16.0 Å². The van der Waals surface area contributed by atoms with Crippen molar-refractivity contribution in [1.82, 2.24) is 0 Å². The Morgan fingerprint density at radius 1 is 1.10 bits per heavy atom. The molecule has 2 aromatic carbocycles. The van der Waals surface area contributed by atoms with E-state index < -0.39 is 17.5 Å². The number of hydrogen-bond donors (Lipinski definition) is 0. The second-order valence-electron chi connectivity index (χ2n) is 4.28. The number of benzene rings is 2. The van der Waals surface area contributed by atoms with Crippen LogP contribution >= 0.6 is 15.9 Å². The van der Waals surface area contributed by atoms with E-state index >= 15 is 0 Å². The van der Waals surface area contributed by atoms with E-state index in [1.807, 2.05) is 0 Å². The van der Waals surface area contributed by atoms with E-state index in [9.17, 15) is 13.2 Å². The average molecular weight is 345 g/mol. The molecule has 2 aromatic rings. The van der Waals surface area contributed by atoms with Crippen LogP contribution in [-0.4, -0.2) is 7.11 Å². The molecular formula is C15H12BrF3O. The van der Waals surface area contributed by atoms with Gasteiger partial charge in [-0.1, -0.05) is 34.1 Å². The van der Waals surface area contributed by atoms with Crippen molar-refractivity contribution in [1.29, 1.82) is 0 Å². The van der Waals surface area contributed by atoms with Gasteiger partial charge in [-0.15, -0.1) is 0 Å². The molecule has 0 aliphatic carbocycles. The normalized spacial score (nSPS) is 12.2. The Hall–Kier alpha value is -1.49. The standard InChI is InChI=1S/C15H12BrF3O/c1-20-14-8-9(5-6-12(14)17)11(16)7-10-3-2-4-13(18)15(10)19/h2-6,8,11H,7H2,1H3. The third-order valence-corrected chi connectivity index (χ3v) is 3.82. The summed E-state index contributed by atoms with van der Waals surface area (Å²) in [5.41, 5.74) is 0.988. The predicted octanol–water partition coefficient (Wildman–Crippen LogP) is 4.79. The van der Waals surface area contributed by atoms with E-state index in [0.717, 1.165) is 11.6 Å². The molecule has 0 saturated heterocycles. The second-order valence-corrected chi connectivity index (χ2v) is 5.38. The lowest BCUT2D eigenvalue weighted by molar-refractivity contribution is 0.386. The SMILES string of the molecule is COc1cc(C(Br)Cc2cccc(F)c2F)ccc1F. The molecule has 0 bridgehead atoms. The first-order chi connectivity index (χ1) is 9.52. The first-order valence-electron chi connectivity index (χ1n) is 5.93. The summed E-state index contributed by atoms with van der Waals surface area (Å²) < 4.78 is 45.0. The largest absolute Gasteiger partial charge is 0.494 e. The van der Waals surface area contributed by atoms with E-state index in [1.165, 1.54) is 31.4 Å². The molecule has 20 heavy (non-hydrogen) atoms. The highest BCUT2D eigenvalue weighted by molar-refractivity contribution is 9.09. The number of alkyl halides is 1. The summed E-state index contributed by atoms with van der Waals surface area (Å²) in [6, 6.07) is 8.44. The average Bonchev–Trinajstić information content (AvgIpc) is 2.44. The van der Waals surface area contributed by atoms with Gasteiger partial charge in [0.05, 0.1) is 7.11 Å². The van der Waals surface area contributed by atoms with Crippen LogP contribution in [0.4, 0.5) is 13.2 Å². The van der Waals surface area contributed by atoms with Gasteiger partial charge >= 0.3 is 0 Å². The fraction of sp³-hybridized carbons (Fsp3) is 0.200. The maximum atomic E-state index is 13.6. The molecule has 0 aromatic heterocycles. The fourth-order valence-electron chi connectivity index (χ4n) is 1.89. The third-order valence-electron chi connectivity index (χ3n) is 2.97. The lowest BCUT2D eigenvalue weighted by Gasteiger charge is -2.13. The minimum Gasteiger partial charge on any atom is -0.494 e. The Morgan fingerprint density at radius 2 is 1.85 bits per heavy atom. The number of methoxy groups -OCH3 is 1. The summed E-state index contributed by atoms with van der Waals surface area (Å²) in [5, 5.41) is 0. The van der Waals surface area contributed by atoms with Gasteiger partial charge in [-0.3, -0.25) is 0 Å². The number of hydrogen-bond acceptors (Lipinski definition) is 1. The van der Waals surface area contributed by atoms with Crippen LogP contribution in [0.2, 0.25) is 0 Å². The van der Waals surface area contributed by atoms with Gasteiger partial charge < -0.3 is 4.74 Å². The molecule has 0 fully saturated rings. The van der Waals surface area contributed by atoms with Crippen molar-refractivity contribution < 1.29 is 17.9 Å². The van der Waals surface area contributed by atoms with Gasteiger partial charge in [-0.05, 0) is 35.7 Å². The van der Waals surface area contributed by atoms with Gasteiger partial charge in [0.1, 0.15) is 0 Å². The molecule has 0 radical (unpaired) electrons. The molecule has 0 aliphatic rings. The highest BCUT2D eigenvalue weighted by Crippen LogP contribution is 2.31. The molecule has 5 heteroatoms. The van der Waals surface area contributed by atoms with E-state index in [1.54, 1.807) is 6.07 Å². The van der Waals surface area contributed by atoms with Gasteiger partial charge in [0.15, 0.2) is 23.2 Å². The molecule has 0 heterocycles. The van der Waals surface area contributed by atoms with Gasteiger partial charge in [0.25, 0.3) is 0 Å². The van der Waals surface area contributed by atoms with Crippen LogP contribution in [0, 0.1) is 17.5 Å². The Morgan fingerprint density at radius 3 is 2.55 bits per heavy atom. The number of halogens is 4. The maximum absolute atomic E-state index is 13.6. The zero-order valence-corrected chi connectivity index (χ0v) is 12.3. The van der Waals surface area contributed by atoms with Gasteiger partial charge in [-0.25, -0.2) is 13.2 Å². The van der Waals surface area contributed by atoms with Gasteiger partial charge in [0.2, 0.25) is 0 Å². The molecule has 106 valence electrons. The first kappa shape index (κ1) is 14.9. The second kappa shape index (κ2) is 6.31. The third kappa shape index (κ3) is 3.15. The lowest BCUT2D eigenvalue weighted by Crippen LogP contribution is -2.01. The molecular weight excluding hydrogens is 333 g/mol. The number of ether oxygens (including phenoxy) is 1. The summed E-state index contributed by atoms with van der Waals surface area (Å²) in [4.78, 5) is -0.270. The summed E-state index contributed by atoms with van der Waals surface area (Å²) in [6.07, 6.45) is 0.248. The van der Waals surface area contributed by atoms with Gasteiger partial charge in [-0.2, -0.15) is 0 Å². The molecule has 1 atom stereocenters. The first-order valence-corrected chi connectivity index (χ1v) is 6.85. The van der Waals surface area contributed by atoms with Gasteiger partial charge in [0, 0.05) is 4.83 Å². The highest BCUT2D eigenvalue weighted by atomic mass is 79.9. The Kier molecular flexibility index (Phi) is 4.70. The smallest absolute Gasteiger partial charge is 0.165 e. The van der Waals surface area contributed by atoms with Crippen molar-refractivity contribution in [2.45, 2.75) is 11.2 Å². The zero-order valence-electron chi connectivity index (χ0n) is 10.7. The molecule has 2 rings (SSSR count). The number of rotatable bonds is 4. The Bertz CT molecular complexity index is 616. The van der Waals surface area contributed by atoms with Crippen molar-refractivity contribution in [3.05, 3.63) is 65.0 Å². The molecule has 1 nitrogen and oxygen atoms in total. The minimum atomic E-state index is -0.876. The molecule has 0 saturated carbocycles. The summed E-state index contributed by atoms with van der Waals surface area (Å²) in [7, 11) is 1.37. The Balaban J connectivity index is 2.24. The molecule has 0 amide bonds. The van der Waals surface area contributed by atoms with Crippen molar-refractivity contribution in [3.8, 4) is 5.75 Å². The summed E-state index contributed by atoms with van der Waals surface area (Å²) >= 11 is 3.40. The van der Waals surface area contributed by atoms with Crippen LogP contribution in [0.3, 0.4) is 0 Å². The quantitative estimate of drug-likeness (QED) is 0.724. The van der Waals surface area contributed by atoms with Crippen LogP contribution in [-0.2, 0) is 6.42 Å². The van der Waals surface area contributed by atoms with Crippen molar-refractivity contribution in [3.63, 3.8) is 0 Å². The lowest BCUT2D eigenvalue weighted by atomic mass is 10.0. The topological polar surface area (TPSA) is 9.23 Å². The van der Waals surface area contributed by atoms with E-state index in [-0.39, 0.29) is 22.6 Å². The van der Waals surface area contributed by atoms with Crippen LogP contribution < -0.4 is 4.74 Å². The van der Waals surface area contributed by atoms with E-state index in [4.69, 9.17) is 4.74 Å². The highest BCUT2D eigenvalue weighted by Gasteiger charge is 2.15. The molecule has 0 spiro atoms. The summed E-state index contributed by atoms with van der Waals surface area (Å²) in [5.74, 6) is -2.08. The molecule has 0 N–H and O–H groups in total. The molecule has 0 aliphatic heterocycles. The monoisotopic (exact) mass is 344 g/mol. The predicted molar refractivity (Wildman–Crippen MR) is 74.7 cm³/mol. The maximum Gasteiger partial charge on any atom is 0.165 e. The summed E-state index contributed by atoms with van der Waals surface area (Å²) in [6.45, 7) is 0. The minimum absolute atomic E-state index is 0.117. The van der Waals surface area contributed by atoms with Crippen molar-refractivity contribution in [2.75, 3.05) is 7.11 Å². The van der Waals surface area contributed by atoms with Crippen LogP contribution in [0.15, 0.2) is 36.4 Å². The fourth-order valence-corrected chi connectivity index (χ4v) is 2.52. The van der Waals surface area contributed by atoms with E-state index in [2.05, 4.69) is 15.9 Å². The zero-order chi connectivity index (χ0) is 14.7.